The predicted molar refractivity (Wildman–Crippen MR) is 59.6 cm³/mol. The normalized spacial score (nSPS) is 12.5. The van der Waals surface area contributed by atoms with Crippen LogP contribution in [0.4, 0.5) is 0 Å². The van der Waals surface area contributed by atoms with Crippen LogP contribution in [0.2, 0.25) is 0 Å². The van der Waals surface area contributed by atoms with E-state index in [1.165, 1.54) is 5.56 Å². The third-order valence-electron chi connectivity index (χ3n) is 2.29. The van der Waals surface area contributed by atoms with E-state index in [0.717, 1.165) is 18.6 Å². The number of hydrogen-bond acceptors (Lipinski definition) is 2. The molecule has 0 unspecified atom stereocenters. The van der Waals surface area contributed by atoms with E-state index in [1.807, 2.05) is 18.2 Å². The van der Waals surface area contributed by atoms with Crippen LogP contribution < -0.4 is 10.5 Å². The standard InChI is InChI=1S/C12H19NO/c1-3-10(2)14-12-7-5-4-6-11(12)8-9-13/h4-7,10H,3,8-9,13H2,1-2H3/t10-/m0/s1. The molecule has 0 bridgehead atoms. The Bertz CT molecular complexity index is 273. The van der Waals surface area contributed by atoms with Crippen LogP contribution in [0.5, 0.6) is 5.75 Å². The van der Waals surface area contributed by atoms with Gasteiger partial charge in [-0.05, 0) is 37.9 Å². The Morgan fingerprint density at radius 1 is 1.36 bits per heavy atom. The van der Waals surface area contributed by atoms with Gasteiger partial charge in [-0.1, -0.05) is 25.1 Å². The lowest BCUT2D eigenvalue weighted by Gasteiger charge is -2.15. The van der Waals surface area contributed by atoms with Crippen LogP contribution in [-0.2, 0) is 6.42 Å². The summed E-state index contributed by atoms with van der Waals surface area (Å²) >= 11 is 0. The molecular weight excluding hydrogens is 174 g/mol. The van der Waals surface area contributed by atoms with E-state index in [4.69, 9.17) is 10.5 Å². The molecule has 0 aliphatic carbocycles. The van der Waals surface area contributed by atoms with Crippen LogP contribution in [0, 0.1) is 0 Å². The van der Waals surface area contributed by atoms with Crippen molar-refractivity contribution in [1.82, 2.24) is 0 Å². The molecule has 0 aromatic heterocycles. The predicted octanol–water partition coefficient (Wildman–Crippen LogP) is 2.37. The highest BCUT2D eigenvalue weighted by Gasteiger charge is 2.05. The fraction of sp³-hybridized carbons (Fsp3) is 0.500. The summed E-state index contributed by atoms with van der Waals surface area (Å²) in [6.45, 7) is 4.87. The summed E-state index contributed by atoms with van der Waals surface area (Å²) in [6.07, 6.45) is 2.18. The van der Waals surface area contributed by atoms with E-state index in [0.29, 0.717) is 6.54 Å². The molecule has 0 fully saturated rings. The number of nitrogens with two attached hydrogens (primary N) is 1. The molecule has 1 aromatic carbocycles. The van der Waals surface area contributed by atoms with Crippen molar-refractivity contribution < 1.29 is 4.74 Å². The molecule has 2 nitrogen and oxygen atoms in total. The first-order valence-corrected chi connectivity index (χ1v) is 5.22. The van der Waals surface area contributed by atoms with Crippen molar-refractivity contribution in [3.8, 4) is 5.75 Å². The second kappa shape index (κ2) is 5.66. The molecule has 0 saturated carbocycles. The lowest BCUT2D eigenvalue weighted by molar-refractivity contribution is 0.215. The first-order chi connectivity index (χ1) is 6.77. The van der Waals surface area contributed by atoms with Crippen molar-refractivity contribution >= 4 is 0 Å². The summed E-state index contributed by atoms with van der Waals surface area (Å²) in [4.78, 5) is 0. The number of ether oxygens (including phenoxy) is 1. The maximum absolute atomic E-state index is 5.79. The minimum absolute atomic E-state index is 0.272. The first kappa shape index (κ1) is 11.1. The van der Waals surface area contributed by atoms with Crippen molar-refractivity contribution in [3.63, 3.8) is 0 Å². The highest BCUT2D eigenvalue weighted by molar-refractivity contribution is 5.33. The second-order valence-corrected chi connectivity index (χ2v) is 3.48. The fourth-order valence-electron chi connectivity index (χ4n) is 1.28. The molecule has 1 aromatic rings. The van der Waals surface area contributed by atoms with Gasteiger partial charge in [-0.15, -0.1) is 0 Å². The maximum Gasteiger partial charge on any atom is 0.122 e. The van der Waals surface area contributed by atoms with Crippen LogP contribution in [0.3, 0.4) is 0 Å². The average Bonchev–Trinajstić information content (AvgIpc) is 2.21. The molecule has 0 saturated heterocycles. The van der Waals surface area contributed by atoms with Gasteiger partial charge in [0.05, 0.1) is 6.10 Å². The van der Waals surface area contributed by atoms with Gasteiger partial charge in [-0.2, -0.15) is 0 Å². The maximum atomic E-state index is 5.79. The van der Waals surface area contributed by atoms with E-state index in [1.54, 1.807) is 0 Å². The molecule has 0 amide bonds. The van der Waals surface area contributed by atoms with Crippen molar-refractivity contribution in [2.75, 3.05) is 6.54 Å². The highest BCUT2D eigenvalue weighted by Crippen LogP contribution is 2.20. The Labute approximate surface area is 86.1 Å². The Balaban J connectivity index is 2.73. The fourth-order valence-corrected chi connectivity index (χ4v) is 1.28. The van der Waals surface area contributed by atoms with Gasteiger partial charge in [0.15, 0.2) is 0 Å². The number of hydrogen-bond donors (Lipinski definition) is 1. The summed E-state index contributed by atoms with van der Waals surface area (Å²) in [5, 5.41) is 0. The summed E-state index contributed by atoms with van der Waals surface area (Å²) in [5.41, 5.74) is 6.74. The van der Waals surface area contributed by atoms with E-state index in [9.17, 15) is 0 Å². The van der Waals surface area contributed by atoms with Crippen LogP contribution in [0.25, 0.3) is 0 Å². The Hall–Kier alpha value is -1.02. The van der Waals surface area contributed by atoms with Crippen molar-refractivity contribution in [2.45, 2.75) is 32.8 Å². The molecule has 0 aliphatic rings. The SMILES string of the molecule is CC[C@H](C)Oc1ccccc1CCN. The van der Waals surface area contributed by atoms with Crippen LogP contribution in [0.15, 0.2) is 24.3 Å². The average molecular weight is 193 g/mol. The van der Waals surface area contributed by atoms with Gasteiger partial charge in [-0.3, -0.25) is 0 Å². The summed E-state index contributed by atoms with van der Waals surface area (Å²) in [5.74, 6) is 0.979. The van der Waals surface area contributed by atoms with Crippen molar-refractivity contribution in [2.24, 2.45) is 5.73 Å². The van der Waals surface area contributed by atoms with Gasteiger partial charge in [0.1, 0.15) is 5.75 Å². The Morgan fingerprint density at radius 2 is 2.07 bits per heavy atom. The summed E-state index contributed by atoms with van der Waals surface area (Å²) < 4.78 is 5.79. The molecule has 0 spiro atoms. The highest BCUT2D eigenvalue weighted by atomic mass is 16.5. The summed E-state index contributed by atoms with van der Waals surface area (Å²) in [6, 6.07) is 8.11. The van der Waals surface area contributed by atoms with E-state index < -0.39 is 0 Å². The van der Waals surface area contributed by atoms with Gasteiger partial charge in [0.2, 0.25) is 0 Å². The van der Waals surface area contributed by atoms with E-state index in [2.05, 4.69) is 19.9 Å². The Morgan fingerprint density at radius 3 is 2.71 bits per heavy atom. The molecule has 0 radical (unpaired) electrons. The van der Waals surface area contributed by atoms with Gasteiger partial charge >= 0.3 is 0 Å². The third-order valence-corrected chi connectivity index (χ3v) is 2.29. The second-order valence-electron chi connectivity index (χ2n) is 3.48. The molecule has 0 aliphatic heterocycles. The minimum atomic E-state index is 0.272. The van der Waals surface area contributed by atoms with Crippen molar-refractivity contribution in [3.05, 3.63) is 29.8 Å². The lowest BCUT2D eigenvalue weighted by atomic mass is 10.1. The lowest BCUT2D eigenvalue weighted by Crippen LogP contribution is -2.12. The molecular formula is C12H19NO. The summed E-state index contributed by atoms with van der Waals surface area (Å²) in [7, 11) is 0. The molecule has 2 N–H and O–H groups in total. The zero-order chi connectivity index (χ0) is 10.4. The Kier molecular flexibility index (Phi) is 4.47. The smallest absolute Gasteiger partial charge is 0.122 e. The monoisotopic (exact) mass is 193 g/mol. The number of benzene rings is 1. The third kappa shape index (κ3) is 3.04. The van der Waals surface area contributed by atoms with Gasteiger partial charge < -0.3 is 10.5 Å². The molecule has 2 heteroatoms. The van der Waals surface area contributed by atoms with Gasteiger partial charge in [0.25, 0.3) is 0 Å². The first-order valence-electron chi connectivity index (χ1n) is 5.22. The van der Waals surface area contributed by atoms with Gasteiger partial charge in [0, 0.05) is 0 Å². The topological polar surface area (TPSA) is 35.2 Å². The zero-order valence-electron chi connectivity index (χ0n) is 8.99. The van der Waals surface area contributed by atoms with Gasteiger partial charge in [-0.25, -0.2) is 0 Å². The zero-order valence-corrected chi connectivity index (χ0v) is 8.99. The largest absolute Gasteiger partial charge is 0.490 e. The minimum Gasteiger partial charge on any atom is -0.490 e. The molecule has 0 heterocycles. The van der Waals surface area contributed by atoms with Crippen LogP contribution in [-0.4, -0.2) is 12.6 Å². The van der Waals surface area contributed by atoms with Crippen LogP contribution >= 0.6 is 0 Å². The van der Waals surface area contributed by atoms with Crippen molar-refractivity contribution in [1.29, 1.82) is 0 Å². The quantitative estimate of drug-likeness (QED) is 0.779. The van der Waals surface area contributed by atoms with Crippen LogP contribution in [0.1, 0.15) is 25.8 Å². The molecule has 1 atom stereocenters. The number of rotatable bonds is 5. The molecule has 14 heavy (non-hydrogen) atoms. The molecule has 1 rings (SSSR count). The van der Waals surface area contributed by atoms with E-state index >= 15 is 0 Å². The number of para-hydroxylation sites is 1. The van der Waals surface area contributed by atoms with E-state index in [-0.39, 0.29) is 6.10 Å². The molecule has 78 valence electrons.